The monoisotopic (exact) mass is 576 g/mol. The molecule has 1 aliphatic rings. The van der Waals surface area contributed by atoms with Gasteiger partial charge in [0, 0.05) is 16.0 Å². The molecule has 0 saturated heterocycles. The van der Waals surface area contributed by atoms with Crippen molar-refractivity contribution in [1.82, 2.24) is 25.3 Å². The highest BCUT2D eigenvalue weighted by molar-refractivity contribution is 9.10. The number of esters is 1. The third-order valence-corrected chi connectivity index (χ3v) is 7.03. The van der Waals surface area contributed by atoms with Gasteiger partial charge in [-0.05, 0) is 31.0 Å². The van der Waals surface area contributed by atoms with Crippen molar-refractivity contribution < 1.29 is 19.0 Å². The quantitative estimate of drug-likeness (QED) is 0.342. The summed E-state index contributed by atoms with van der Waals surface area (Å²) in [7, 11) is 0. The number of aromatic nitrogens is 4. The predicted molar refractivity (Wildman–Crippen MR) is 137 cm³/mol. The van der Waals surface area contributed by atoms with Gasteiger partial charge >= 0.3 is 5.97 Å². The number of thiazole rings is 1. The first-order valence-electron chi connectivity index (χ1n) is 11.6. The molecule has 3 heterocycles. The summed E-state index contributed by atoms with van der Waals surface area (Å²) in [5.41, 5.74) is 1.83. The van der Waals surface area contributed by atoms with E-state index < -0.39 is 23.9 Å². The molecule has 0 radical (unpaired) electrons. The van der Waals surface area contributed by atoms with E-state index in [1.807, 2.05) is 5.38 Å². The first-order chi connectivity index (χ1) is 17.4. The molecule has 0 fully saturated rings. The smallest absolute Gasteiger partial charge is 0.338 e. The average molecular weight is 577 g/mol. The van der Waals surface area contributed by atoms with Gasteiger partial charge in [0.25, 0.3) is 0 Å². The van der Waals surface area contributed by atoms with Crippen LogP contribution in [0.2, 0.25) is 0 Å². The van der Waals surface area contributed by atoms with Gasteiger partial charge in [-0.25, -0.2) is 18.9 Å². The number of carbonyl (C=O) groups is 1. The largest absolute Gasteiger partial charge is 0.463 e. The zero-order chi connectivity index (χ0) is 25.7. The van der Waals surface area contributed by atoms with E-state index in [1.54, 1.807) is 30.1 Å². The maximum atomic E-state index is 13.9. The van der Waals surface area contributed by atoms with Crippen LogP contribution in [0.15, 0.2) is 56.7 Å². The summed E-state index contributed by atoms with van der Waals surface area (Å²) in [6, 6.07) is 3.46. The number of allylic oxidation sites excluding steroid dienone is 1. The van der Waals surface area contributed by atoms with Crippen molar-refractivity contribution in [3.63, 3.8) is 0 Å². The van der Waals surface area contributed by atoms with Crippen LogP contribution in [0, 0.1) is 5.82 Å². The number of hydrogen-bond donors (Lipinski definition) is 2. The van der Waals surface area contributed by atoms with Gasteiger partial charge in [0.1, 0.15) is 17.6 Å². The number of benzene rings is 1. The Morgan fingerprint density at radius 3 is 2.92 bits per heavy atom. The molecule has 1 aliphatic heterocycles. The van der Waals surface area contributed by atoms with Crippen molar-refractivity contribution >= 4 is 39.1 Å². The van der Waals surface area contributed by atoms with Crippen molar-refractivity contribution in [3.05, 3.63) is 73.8 Å². The van der Waals surface area contributed by atoms with Gasteiger partial charge in [-0.15, -0.1) is 16.4 Å². The fourth-order valence-electron chi connectivity index (χ4n) is 3.82. The molecule has 36 heavy (non-hydrogen) atoms. The molecular weight excluding hydrogens is 551 g/mol. The SMILES string of the molecule is CCCCC(O)c1cn(CC2=C(C(=O)OCC)C(c3ccc(F)cc3Br)N=C(c3nccs3)N2)nn1. The third-order valence-electron chi connectivity index (χ3n) is 5.56. The van der Waals surface area contributed by atoms with Crippen LogP contribution in [0.1, 0.15) is 61.5 Å². The lowest BCUT2D eigenvalue weighted by atomic mass is 9.95. The van der Waals surface area contributed by atoms with E-state index in [2.05, 4.69) is 43.5 Å². The molecule has 9 nitrogen and oxygen atoms in total. The Labute approximate surface area is 220 Å². The van der Waals surface area contributed by atoms with Crippen LogP contribution in [0.4, 0.5) is 4.39 Å². The highest BCUT2D eigenvalue weighted by Gasteiger charge is 2.34. The normalized spacial score (nSPS) is 16.5. The summed E-state index contributed by atoms with van der Waals surface area (Å²) in [4.78, 5) is 22.3. The number of aliphatic imine (C=N–C) groups is 1. The number of aliphatic hydroxyl groups excluding tert-OH is 1. The number of aliphatic hydroxyl groups is 1. The van der Waals surface area contributed by atoms with E-state index in [0.717, 1.165) is 12.8 Å². The zero-order valence-corrected chi connectivity index (χ0v) is 22.2. The summed E-state index contributed by atoms with van der Waals surface area (Å²) in [5, 5.41) is 24.4. The molecule has 0 bridgehead atoms. The van der Waals surface area contributed by atoms with Crippen LogP contribution in [0.25, 0.3) is 0 Å². The Balaban J connectivity index is 1.77. The molecule has 1 aromatic carbocycles. The van der Waals surface area contributed by atoms with E-state index in [9.17, 15) is 14.3 Å². The van der Waals surface area contributed by atoms with Gasteiger partial charge in [0.2, 0.25) is 0 Å². The topological polar surface area (TPSA) is 115 Å². The minimum absolute atomic E-state index is 0.140. The Morgan fingerprint density at radius 1 is 1.39 bits per heavy atom. The summed E-state index contributed by atoms with van der Waals surface area (Å²) in [6.45, 7) is 4.09. The van der Waals surface area contributed by atoms with Gasteiger partial charge in [-0.3, -0.25) is 4.99 Å². The number of amidine groups is 1. The fourth-order valence-corrected chi connectivity index (χ4v) is 4.97. The van der Waals surface area contributed by atoms with Crippen LogP contribution in [0.5, 0.6) is 0 Å². The summed E-state index contributed by atoms with van der Waals surface area (Å²) >= 11 is 4.82. The predicted octanol–water partition coefficient (Wildman–Crippen LogP) is 4.47. The van der Waals surface area contributed by atoms with E-state index in [4.69, 9.17) is 9.73 Å². The van der Waals surface area contributed by atoms with E-state index in [0.29, 0.717) is 38.7 Å². The van der Waals surface area contributed by atoms with Crippen molar-refractivity contribution in [2.24, 2.45) is 4.99 Å². The molecule has 3 aromatic rings. The Kier molecular flexibility index (Phi) is 8.60. The molecule has 0 spiro atoms. The van der Waals surface area contributed by atoms with Crippen molar-refractivity contribution in [2.75, 3.05) is 6.61 Å². The Morgan fingerprint density at radius 2 is 2.22 bits per heavy atom. The molecule has 2 aromatic heterocycles. The lowest BCUT2D eigenvalue weighted by Crippen LogP contribution is -2.35. The van der Waals surface area contributed by atoms with Crippen LogP contribution in [-0.4, -0.2) is 43.5 Å². The molecular formula is C24H26BrFN6O3S. The summed E-state index contributed by atoms with van der Waals surface area (Å²) in [6.07, 6.45) is 5.03. The number of carbonyl (C=O) groups excluding carboxylic acids is 1. The van der Waals surface area contributed by atoms with E-state index in [1.165, 1.54) is 23.5 Å². The summed E-state index contributed by atoms with van der Waals surface area (Å²) in [5.74, 6) is -0.494. The standard InChI is InChI=1S/C24H26BrFN6O3S/c1-3-5-6-19(33)17-12-32(31-30-17)13-18-20(24(34)35-4-2)21(15-8-7-14(26)11-16(15)25)29-22(28-18)23-27-9-10-36-23/h7-12,19,21,33H,3-6,13H2,1-2H3,(H,28,29). The molecule has 2 atom stereocenters. The molecule has 0 amide bonds. The number of nitrogens with zero attached hydrogens (tertiary/aromatic N) is 5. The van der Waals surface area contributed by atoms with E-state index in [-0.39, 0.29) is 18.7 Å². The van der Waals surface area contributed by atoms with Crippen molar-refractivity contribution in [2.45, 2.75) is 51.8 Å². The lowest BCUT2D eigenvalue weighted by Gasteiger charge is -2.27. The van der Waals surface area contributed by atoms with Crippen LogP contribution in [0.3, 0.4) is 0 Å². The van der Waals surface area contributed by atoms with Gasteiger partial charge in [0.05, 0.1) is 36.7 Å². The number of unbranched alkanes of at least 4 members (excludes halogenated alkanes) is 1. The van der Waals surface area contributed by atoms with Crippen LogP contribution in [-0.2, 0) is 16.1 Å². The zero-order valence-electron chi connectivity index (χ0n) is 19.8. The minimum atomic E-state index is -0.785. The van der Waals surface area contributed by atoms with Crippen molar-refractivity contribution in [3.8, 4) is 0 Å². The third kappa shape index (κ3) is 5.88. The van der Waals surface area contributed by atoms with Gasteiger partial charge in [0.15, 0.2) is 10.8 Å². The highest BCUT2D eigenvalue weighted by atomic mass is 79.9. The molecule has 0 aliphatic carbocycles. The maximum Gasteiger partial charge on any atom is 0.338 e. The molecule has 0 saturated carbocycles. The minimum Gasteiger partial charge on any atom is -0.463 e. The maximum absolute atomic E-state index is 13.9. The first kappa shape index (κ1) is 26.1. The van der Waals surface area contributed by atoms with Crippen LogP contribution < -0.4 is 5.32 Å². The number of nitrogens with one attached hydrogen (secondary N) is 1. The van der Waals surface area contributed by atoms with E-state index >= 15 is 0 Å². The number of hydrogen-bond acceptors (Lipinski definition) is 9. The molecule has 4 rings (SSSR count). The Hall–Kier alpha value is -2.96. The fraction of sp³-hybridized carbons (Fsp3) is 0.375. The molecule has 12 heteroatoms. The van der Waals surface area contributed by atoms with Gasteiger partial charge in [-0.2, -0.15) is 0 Å². The number of ether oxygens (including phenoxy) is 1. The molecule has 190 valence electrons. The van der Waals surface area contributed by atoms with Gasteiger partial charge < -0.3 is 15.2 Å². The Bertz CT molecular complexity index is 1280. The molecule has 2 unspecified atom stereocenters. The van der Waals surface area contributed by atoms with Crippen LogP contribution >= 0.6 is 27.3 Å². The van der Waals surface area contributed by atoms with Gasteiger partial charge in [-0.1, -0.05) is 47.0 Å². The second-order valence-electron chi connectivity index (χ2n) is 8.12. The average Bonchev–Trinajstić information content (AvgIpc) is 3.55. The second-order valence-corrected chi connectivity index (χ2v) is 9.87. The number of rotatable bonds is 10. The lowest BCUT2D eigenvalue weighted by molar-refractivity contribution is -0.139. The highest BCUT2D eigenvalue weighted by Crippen LogP contribution is 2.37. The second kappa shape index (κ2) is 11.8. The first-order valence-corrected chi connectivity index (χ1v) is 13.3. The molecule has 2 N–H and O–H groups in total. The number of halogens is 2. The van der Waals surface area contributed by atoms with Crippen molar-refractivity contribution in [1.29, 1.82) is 0 Å². The summed E-state index contributed by atoms with van der Waals surface area (Å²) < 4.78 is 21.3.